The molecular weight excluding hydrogens is 240 g/mol. The molecule has 4 nitrogen and oxygen atoms in total. The second-order valence-corrected chi connectivity index (χ2v) is 5.15. The molecule has 0 radical (unpaired) electrons. The summed E-state index contributed by atoms with van der Waals surface area (Å²) in [6.45, 7) is 4.38. The molecule has 19 heavy (non-hydrogen) atoms. The highest BCUT2D eigenvalue weighted by molar-refractivity contribution is 5.83. The highest BCUT2D eigenvalue weighted by Crippen LogP contribution is 2.18. The highest BCUT2D eigenvalue weighted by Gasteiger charge is 2.27. The molecule has 2 aromatic rings. The number of carbonyl (C=O) groups excluding carboxylic acids is 1. The van der Waals surface area contributed by atoms with E-state index in [1.807, 2.05) is 32.2 Å². The molecule has 0 aliphatic carbocycles. The maximum Gasteiger partial charge on any atom is 0.325 e. The maximum absolute atomic E-state index is 11.5. The van der Waals surface area contributed by atoms with Crippen molar-refractivity contribution < 1.29 is 9.53 Å². The minimum absolute atomic E-state index is 0.244. The van der Waals surface area contributed by atoms with Crippen LogP contribution in [0.4, 0.5) is 0 Å². The fourth-order valence-corrected chi connectivity index (χ4v) is 2.18. The minimum Gasteiger partial charge on any atom is -0.468 e. The topological polar surface area (TPSA) is 54.1 Å². The summed E-state index contributed by atoms with van der Waals surface area (Å²) in [6, 6.07) is 8.21. The van der Waals surface area contributed by atoms with Crippen molar-refractivity contribution in [1.82, 2.24) is 10.3 Å². The number of rotatable bonds is 5. The van der Waals surface area contributed by atoms with Gasteiger partial charge in [0.2, 0.25) is 0 Å². The summed E-state index contributed by atoms with van der Waals surface area (Å²) in [6.07, 6.45) is 2.89. The van der Waals surface area contributed by atoms with Crippen molar-refractivity contribution in [2.45, 2.75) is 25.8 Å². The van der Waals surface area contributed by atoms with E-state index in [1.165, 1.54) is 18.1 Å². The summed E-state index contributed by atoms with van der Waals surface area (Å²) in [4.78, 5) is 14.8. The van der Waals surface area contributed by atoms with Crippen molar-refractivity contribution in [2.24, 2.45) is 0 Å². The lowest BCUT2D eigenvalue weighted by Crippen LogP contribution is -2.48. The minimum atomic E-state index is -0.652. The van der Waals surface area contributed by atoms with E-state index in [4.69, 9.17) is 4.74 Å². The lowest BCUT2D eigenvalue weighted by molar-refractivity contribution is -0.147. The summed E-state index contributed by atoms with van der Waals surface area (Å²) < 4.78 is 4.77. The molecule has 0 amide bonds. The van der Waals surface area contributed by atoms with Gasteiger partial charge < -0.3 is 15.0 Å². The first-order valence-electron chi connectivity index (χ1n) is 6.43. The molecule has 0 aliphatic heterocycles. The summed E-state index contributed by atoms with van der Waals surface area (Å²) in [5.41, 5.74) is 1.74. The lowest BCUT2D eigenvalue weighted by Gasteiger charge is -2.23. The van der Waals surface area contributed by atoms with Crippen LogP contribution in [0.15, 0.2) is 30.5 Å². The molecule has 0 atom stereocenters. The van der Waals surface area contributed by atoms with Crippen LogP contribution in [0.1, 0.15) is 19.4 Å². The summed E-state index contributed by atoms with van der Waals surface area (Å²) >= 11 is 0. The Morgan fingerprint density at radius 2 is 2.11 bits per heavy atom. The Hall–Kier alpha value is -1.81. The second kappa shape index (κ2) is 5.45. The van der Waals surface area contributed by atoms with Gasteiger partial charge in [0.25, 0.3) is 0 Å². The number of hydrogen-bond acceptors (Lipinski definition) is 3. The SMILES string of the molecule is COC(=O)C(C)(C)NCCc1c[nH]c2ccccc12. The van der Waals surface area contributed by atoms with Crippen LogP contribution < -0.4 is 5.32 Å². The number of fused-ring (bicyclic) bond motifs is 1. The average Bonchev–Trinajstić information content (AvgIpc) is 2.81. The van der Waals surface area contributed by atoms with Gasteiger partial charge in [0.05, 0.1) is 7.11 Å². The van der Waals surface area contributed by atoms with Crippen LogP contribution in [0, 0.1) is 0 Å². The van der Waals surface area contributed by atoms with Gasteiger partial charge >= 0.3 is 5.97 Å². The molecule has 0 aliphatic rings. The first kappa shape index (κ1) is 13.6. The lowest BCUT2D eigenvalue weighted by atomic mass is 10.1. The number of methoxy groups -OCH3 is 1. The van der Waals surface area contributed by atoms with Crippen LogP contribution in [0.25, 0.3) is 10.9 Å². The van der Waals surface area contributed by atoms with E-state index in [0.29, 0.717) is 0 Å². The monoisotopic (exact) mass is 260 g/mol. The Morgan fingerprint density at radius 1 is 1.37 bits per heavy atom. The fourth-order valence-electron chi connectivity index (χ4n) is 2.18. The summed E-state index contributed by atoms with van der Waals surface area (Å²) in [5, 5.41) is 4.46. The van der Waals surface area contributed by atoms with E-state index >= 15 is 0 Å². The molecule has 1 aromatic heterocycles. The van der Waals surface area contributed by atoms with Crippen LogP contribution in [0.2, 0.25) is 0 Å². The Labute approximate surface area is 113 Å². The fraction of sp³-hybridized carbons (Fsp3) is 0.400. The van der Waals surface area contributed by atoms with Crippen LogP contribution in [-0.2, 0) is 16.0 Å². The molecule has 4 heteroatoms. The van der Waals surface area contributed by atoms with Crippen molar-refractivity contribution in [1.29, 1.82) is 0 Å². The zero-order valence-electron chi connectivity index (χ0n) is 11.6. The van der Waals surface area contributed by atoms with Gasteiger partial charge in [0.15, 0.2) is 0 Å². The molecule has 102 valence electrons. The van der Waals surface area contributed by atoms with Crippen LogP contribution in [0.5, 0.6) is 0 Å². The molecule has 0 spiro atoms. The number of benzene rings is 1. The molecule has 0 unspecified atom stereocenters. The third-order valence-corrected chi connectivity index (χ3v) is 3.33. The van der Waals surface area contributed by atoms with Gasteiger partial charge in [-0.3, -0.25) is 4.79 Å². The molecule has 2 N–H and O–H groups in total. The van der Waals surface area contributed by atoms with Crippen molar-refractivity contribution in [3.63, 3.8) is 0 Å². The third kappa shape index (κ3) is 2.96. The zero-order chi connectivity index (χ0) is 13.9. The number of ether oxygens (including phenoxy) is 1. The van der Waals surface area contributed by atoms with Crippen LogP contribution in [0.3, 0.4) is 0 Å². The number of nitrogens with one attached hydrogen (secondary N) is 2. The zero-order valence-corrected chi connectivity index (χ0v) is 11.6. The number of H-pyrrole nitrogens is 1. The number of esters is 1. The molecule has 0 fully saturated rings. The number of aromatic nitrogens is 1. The quantitative estimate of drug-likeness (QED) is 0.811. The molecule has 0 saturated heterocycles. The van der Waals surface area contributed by atoms with Crippen LogP contribution in [-0.4, -0.2) is 30.1 Å². The highest BCUT2D eigenvalue weighted by atomic mass is 16.5. The first-order valence-corrected chi connectivity index (χ1v) is 6.43. The number of hydrogen-bond donors (Lipinski definition) is 2. The second-order valence-electron chi connectivity index (χ2n) is 5.15. The predicted octanol–water partition coefficient (Wildman–Crippen LogP) is 2.25. The van der Waals surface area contributed by atoms with Crippen molar-refractivity contribution >= 4 is 16.9 Å². The average molecular weight is 260 g/mol. The summed E-state index contributed by atoms with van der Waals surface area (Å²) in [7, 11) is 1.41. The summed E-state index contributed by atoms with van der Waals surface area (Å²) in [5.74, 6) is -0.244. The van der Waals surface area contributed by atoms with Gasteiger partial charge in [0, 0.05) is 23.6 Å². The van der Waals surface area contributed by atoms with Crippen molar-refractivity contribution in [3.05, 3.63) is 36.0 Å². The molecule has 2 rings (SSSR count). The normalized spacial score (nSPS) is 11.7. The Kier molecular flexibility index (Phi) is 3.90. The Morgan fingerprint density at radius 3 is 2.84 bits per heavy atom. The molecule has 1 aromatic carbocycles. The largest absolute Gasteiger partial charge is 0.468 e. The van der Waals surface area contributed by atoms with E-state index in [0.717, 1.165) is 18.5 Å². The van der Waals surface area contributed by atoms with E-state index in [9.17, 15) is 4.79 Å². The molecule has 0 bridgehead atoms. The van der Waals surface area contributed by atoms with Crippen molar-refractivity contribution in [2.75, 3.05) is 13.7 Å². The molecule has 1 heterocycles. The van der Waals surface area contributed by atoms with E-state index in [1.54, 1.807) is 0 Å². The number of aromatic amines is 1. The maximum atomic E-state index is 11.5. The third-order valence-electron chi connectivity index (χ3n) is 3.33. The smallest absolute Gasteiger partial charge is 0.325 e. The van der Waals surface area contributed by atoms with E-state index in [2.05, 4.69) is 22.4 Å². The first-order chi connectivity index (χ1) is 9.04. The van der Waals surface area contributed by atoms with Crippen molar-refractivity contribution in [3.8, 4) is 0 Å². The van der Waals surface area contributed by atoms with Gasteiger partial charge in [0.1, 0.15) is 5.54 Å². The predicted molar refractivity (Wildman–Crippen MR) is 76.1 cm³/mol. The van der Waals surface area contributed by atoms with E-state index in [-0.39, 0.29) is 5.97 Å². The van der Waals surface area contributed by atoms with Gasteiger partial charge in [-0.25, -0.2) is 0 Å². The standard InChI is InChI=1S/C15H20N2O2/c1-15(2,14(18)19-3)17-9-8-11-10-16-13-7-5-4-6-12(11)13/h4-7,10,16-17H,8-9H2,1-3H3. The van der Waals surface area contributed by atoms with Gasteiger partial charge in [-0.1, -0.05) is 18.2 Å². The van der Waals surface area contributed by atoms with Gasteiger partial charge in [-0.05, 0) is 31.9 Å². The van der Waals surface area contributed by atoms with Gasteiger partial charge in [-0.2, -0.15) is 0 Å². The Bertz CT molecular complexity index is 572. The van der Waals surface area contributed by atoms with Crippen LogP contribution >= 0.6 is 0 Å². The van der Waals surface area contributed by atoms with E-state index < -0.39 is 5.54 Å². The molecule has 0 saturated carbocycles. The Balaban J connectivity index is 1.98. The number of para-hydroxylation sites is 1. The molecular formula is C15H20N2O2. The van der Waals surface area contributed by atoms with Gasteiger partial charge in [-0.15, -0.1) is 0 Å². The number of carbonyl (C=O) groups is 1.